The number of nitrogens with one attached hydrogen (secondary N) is 1. The van der Waals surface area contributed by atoms with Gasteiger partial charge < -0.3 is 9.88 Å². The Morgan fingerprint density at radius 1 is 1.23 bits per heavy atom. The lowest BCUT2D eigenvalue weighted by molar-refractivity contribution is -0.121. The predicted molar refractivity (Wildman–Crippen MR) is 120 cm³/mol. The molecule has 5 heteroatoms. The normalized spacial score (nSPS) is 21.6. The Bertz CT molecular complexity index is 1090. The Balaban J connectivity index is 1.63. The largest absolute Gasteiger partial charge is 0.359 e. The Morgan fingerprint density at radius 3 is 2.80 bits per heavy atom. The summed E-state index contributed by atoms with van der Waals surface area (Å²) in [5.74, 6) is 0.198. The van der Waals surface area contributed by atoms with E-state index in [1.807, 2.05) is 24.5 Å². The molecular formula is C25H30N4O. The third-order valence-corrected chi connectivity index (χ3v) is 7.26. The first-order chi connectivity index (χ1) is 14.6. The van der Waals surface area contributed by atoms with Gasteiger partial charge in [-0.2, -0.15) is 0 Å². The first-order valence-electron chi connectivity index (χ1n) is 11.0. The van der Waals surface area contributed by atoms with Gasteiger partial charge in [0.15, 0.2) is 0 Å². The van der Waals surface area contributed by atoms with Crippen LogP contribution in [0.2, 0.25) is 0 Å². The average Bonchev–Trinajstić information content (AvgIpc) is 3.17. The molecule has 3 unspecified atom stereocenters. The summed E-state index contributed by atoms with van der Waals surface area (Å²) >= 11 is 0. The van der Waals surface area contributed by atoms with Crippen molar-refractivity contribution in [2.75, 3.05) is 14.1 Å². The number of aromatic nitrogens is 2. The molecule has 5 rings (SSSR count). The van der Waals surface area contributed by atoms with Gasteiger partial charge in [-0.1, -0.05) is 11.6 Å². The van der Waals surface area contributed by atoms with Crippen LogP contribution >= 0.6 is 0 Å². The summed E-state index contributed by atoms with van der Waals surface area (Å²) in [7, 11) is 4.00. The molecule has 1 fully saturated rings. The fraction of sp³-hybridized carbons (Fsp3) is 0.440. The number of hydrogen-bond acceptors (Lipinski definition) is 3. The van der Waals surface area contributed by atoms with E-state index >= 15 is 0 Å². The number of rotatable bonds is 5. The summed E-state index contributed by atoms with van der Waals surface area (Å²) in [6, 6.07) is 12.1. The highest BCUT2D eigenvalue weighted by atomic mass is 16.1. The van der Waals surface area contributed by atoms with Crippen LogP contribution < -0.4 is 5.32 Å². The van der Waals surface area contributed by atoms with Crippen molar-refractivity contribution < 1.29 is 4.79 Å². The summed E-state index contributed by atoms with van der Waals surface area (Å²) in [5, 5.41) is 4.21. The third-order valence-electron chi connectivity index (χ3n) is 7.26. The molecule has 0 aliphatic carbocycles. The van der Waals surface area contributed by atoms with Crippen LogP contribution in [0.15, 0.2) is 42.7 Å². The molecule has 5 nitrogen and oxygen atoms in total. The van der Waals surface area contributed by atoms with Crippen LogP contribution in [-0.4, -0.2) is 40.5 Å². The highest BCUT2D eigenvalue weighted by molar-refractivity contribution is 5.87. The van der Waals surface area contributed by atoms with Gasteiger partial charge >= 0.3 is 0 Å². The quantitative estimate of drug-likeness (QED) is 0.703. The van der Waals surface area contributed by atoms with Crippen LogP contribution in [-0.2, 0) is 17.8 Å². The summed E-state index contributed by atoms with van der Waals surface area (Å²) in [6.45, 7) is 2.99. The molecule has 1 amide bonds. The maximum atomic E-state index is 12.3. The van der Waals surface area contributed by atoms with Crippen molar-refractivity contribution in [1.82, 2.24) is 19.8 Å². The second-order valence-corrected chi connectivity index (χ2v) is 8.96. The number of carbonyl (C=O) groups is 1. The average molecular weight is 403 g/mol. The lowest BCUT2D eigenvalue weighted by atomic mass is 9.95. The van der Waals surface area contributed by atoms with Crippen molar-refractivity contribution in [3.8, 4) is 0 Å². The second-order valence-electron chi connectivity index (χ2n) is 8.96. The molecule has 3 atom stereocenters. The van der Waals surface area contributed by atoms with Crippen LogP contribution in [0.5, 0.6) is 0 Å². The lowest BCUT2D eigenvalue weighted by Crippen LogP contribution is -2.35. The SMILES string of the molecule is CNC(=O)CC(Cn1c2c(c3cc(C)ccc31)C1CCC(C2)N1C)c1ccncc1. The molecule has 2 aliphatic rings. The highest BCUT2D eigenvalue weighted by Crippen LogP contribution is 2.47. The molecule has 1 N–H and O–H groups in total. The van der Waals surface area contributed by atoms with Crippen molar-refractivity contribution in [2.24, 2.45) is 0 Å². The minimum Gasteiger partial charge on any atom is -0.359 e. The molecule has 0 radical (unpaired) electrons. The van der Waals surface area contributed by atoms with Crippen molar-refractivity contribution in [2.45, 2.75) is 57.2 Å². The van der Waals surface area contributed by atoms with E-state index in [1.54, 1.807) is 7.05 Å². The highest BCUT2D eigenvalue weighted by Gasteiger charge is 2.41. The zero-order chi connectivity index (χ0) is 20.8. The molecular weight excluding hydrogens is 372 g/mol. The lowest BCUT2D eigenvalue weighted by Gasteiger charge is -2.33. The van der Waals surface area contributed by atoms with Crippen LogP contribution in [0.3, 0.4) is 0 Å². The van der Waals surface area contributed by atoms with E-state index in [4.69, 9.17) is 0 Å². The molecule has 2 aliphatic heterocycles. The van der Waals surface area contributed by atoms with E-state index in [0.29, 0.717) is 18.5 Å². The molecule has 2 aromatic heterocycles. The number of benzene rings is 1. The van der Waals surface area contributed by atoms with Gasteiger partial charge in [0.05, 0.1) is 0 Å². The van der Waals surface area contributed by atoms with E-state index in [0.717, 1.165) is 13.0 Å². The number of aryl methyl sites for hydroxylation is 1. The number of likely N-dealkylation sites (N-methyl/N-ethyl adjacent to an activating group) is 1. The Hall–Kier alpha value is -2.66. The number of fused-ring (bicyclic) bond motifs is 6. The summed E-state index contributed by atoms with van der Waals surface area (Å²) in [6.07, 6.45) is 7.75. The van der Waals surface area contributed by atoms with Crippen LogP contribution in [0.4, 0.5) is 0 Å². The minimum atomic E-state index is 0.0813. The summed E-state index contributed by atoms with van der Waals surface area (Å²) in [4.78, 5) is 19.1. The molecule has 30 heavy (non-hydrogen) atoms. The minimum absolute atomic E-state index is 0.0813. The van der Waals surface area contributed by atoms with Crippen molar-refractivity contribution in [1.29, 1.82) is 0 Å². The fourth-order valence-corrected chi connectivity index (χ4v) is 5.65. The molecule has 2 bridgehead atoms. The number of nitrogens with zero attached hydrogens (tertiary/aromatic N) is 3. The van der Waals surface area contributed by atoms with Gasteiger partial charge in [-0.05, 0) is 62.2 Å². The predicted octanol–water partition coefficient (Wildman–Crippen LogP) is 3.96. The summed E-state index contributed by atoms with van der Waals surface area (Å²) in [5.41, 5.74) is 6.80. The van der Waals surface area contributed by atoms with Gasteiger partial charge in [-0.15, -0.1) is 0 Å². The number of pyridine rings is 1. The molecule has 1 saturated heterocycles. The van der Waals surface area contributed by atoms with E-state index < -0.39 is 0 Å². The zero-order valence-electron chi connectivity index (χ0n) is 18.1. The van der Waals surface area contributed by atoms with Gasteiger partial charge in [0.2, 0.25) is 5.91 Å². The van der Waals surface area contributed by atoms with Gasteiger partial charge in [0.1, 0.15) is 0 Å². The van der Waals surface area contributed by atoms with E-state index in [2.05, 4.69) is 51.9 Å². The number of amides is 1. The maximum Gasteiger partial charge on any atom is 0.220 e. The van der Waals surface area contributed by atoms with Crippen molar-refractivity contribution >= 4 is 16.8 Å². The van der Waals surface area contributed by atoms with Crippen LogP contribution in [0.1, 0.15) is 53.6 Å². The standard InChI is InChI=1S/C25H30N4O/c1-16-4-6-21-20(12-16)25-22-7-5-19(28(22)3)14-23(25)29(21)15-18(13-24(30)26-2)17-8-10-27-11-9-17/h4,6,8-12,18-19,22H,5,7,13-15H2,1-3H3,(H,26,30). The molecule has 4 heterocycles. The number of hydrogen-bond donors (Lipinski definition) is 1. The van der Waals surface area contributed by atoms with E-state index in [1.165, 1.54) is 46.1 Å². The van der Waals surface area contributed by atoms with Gasteiger partial charge in [0.25, 0.3) is 0 Å². The van der Waals surface area contributed by atoms with E-state index in [9.17, 15) is 4.79 Å². The van der Waals surface area contributed by atoms with Crippen LogP contribution in [0.25, 0.3) is 10.9 Å². The molecule has 1 aromatic carbocycles. The second kappa shape index (κ2) is 7.55. The Morgan fingerprint density at radius 2 is 2.03 bits per heavy atom. The van der Waals surface area contributed by atoms with Crippen molar-refractivity contribution in [3.05, 3.63) is 65.1 Å². The van der Waals surface area contributed by atoms with E-state index in [-0.39, 0.29) is 11.8 Å². The first-order valence-corrected chi connectivity index (χ1v) is 11.0. The monoisotopic (exact) mass is 402 g/mol. The first kappa shape index (κ1) is 19.3. The van der Waals surface area contributed by atoms with Gasteiger partial charge in [0, 0.05) is 73.4 Å². The maximum absolute atomic E-state index is 12.3. The smallest absolute Gasteiger partial charge is 0.220 e. The summed E-state index contributed by atoms with van der Waals surface area (Å²) < 4.78 is 2.52. The van der Waals surface area contributed by atoms with Crippen molar-refractivity contribution in [3.63, 3.8) is 0 Å². The third kappa shape index (κ3) is 3.12. The van der Waals surface area contributed by atoms with Gasteiger partial charge in [-0.3, -0.25) is 14.7 Å². The topological polar surface area (TPSA) is 50.2 Å². The Labute approximate surface area is 178 Å². The van der Waals surface area contributed by atoms with Gasteiger partial charge in [-0.25, -0.2) is 0 Å². The molecule has 0 saturated carbocycles. The number of carbonyl (C=O) groups excluding carboxylic acids is 1. The zero-order valence-corrected chi connectivity index (χ0v) is 18.1. The molecule has 0 spiro atoms. The fourth-order valence-electron chi connectivity index (χ4n) is 5.65. The van der Waals surface area contributed by atoms with Crippen LogP contribution in [0, 0.1) is 6.92 Å². The Kier molecular flexibility index (Phi) is 4.86. The molecule has 3 aromatic rings. The molecule has 156 valence electrons.